The molecule has 2 saturated heterocycles. The number of rotatable bonds is 4. The van der Waals surface area contributed by atoms with Gasteiger partial charge in [0, 0.05) is 18.4 Å². The highest BCUT2D eigenvalue weighted by Crippen LogP contribution is 2.35. The molecule has 126 valence electrons. The molecule has 2 aliphatic heterocycles. The average molecular weight is 364 g/mol. The summed E-state index contributed by atoms with van der Waals surface area (Å²) in [6.45, 7) is 1.53. The van der Waals surface area contributed by atoms with E-state index in [4.69, 9.17) is 4.74 Å². The number of fused-ring (bicyclic) bond motifs is 2. The number of ketones is 1. The number of sulfone groups is 1. The Morgan fingerprint density at radius 2 is 2.25 bits per heavy atom. The largest absolute Gasteiger partial charge is 0.374 e. The van der Waals surface area contributed by atoms with E-state index in [2.05, 4.69) is 9.88 Å². The Hall–Kier alpha value is -1.77. The van der Waals surface area contributed by atoms with Crippen LogP contribution in [-0.2, 0) is 14.6 Å². The van der Waals surface area contributed by atoms with Crippen molar-refractivity contribution < 1.29 is 17.9 Å². The minimum atomic E-state index is -3.34. The van der Waals surface area contributed by atoms with Crippen LogP contribution in [0.15, 0.2) is 35.4 Å². The maximum Gasteiger partial charge on any atom is 0.204 e. The van der Waals surface area contributed by atoms with E-state index in [0.717, 1.165) is 24.4 Å². The van der Waals surface area contributed by atoms with Crippen LogP contribution < -0.4 is 4.90 Å². The van der Waals surface area contributed by atoms with E-state index in [0.29, 0.717) is 23.1 Å². The number of nitrogens with zero attached hydrogens (tertiary/aromatic N) is 2. The highest BCUT2D eigenvalue weighted by atomic mass is 32.2. The molecule has 0 saturated carbocycles. The fourth-order valence-electron chi connectivity index (χ4n) is 3.15. The van der Waals surface area contributed by atoms with Crippen LogP contribution in [-0.4, -0.2) is 50.7 Å². The molecule has 1 aromatic heterocycles. The number of thiazole rings is 1. The van der Waals surface area contributed by atoms with E-state index in [1.54, 1.807) is 18.3 Å². The molecule has 24 heavy (non-hydrogen) atoms. The van der Waals surface area contributed by atoms with Crippen LogP contribution in [0.1, 0.15) is 21.7 Å². The molecule has 6 nitrogen and oxygen atoms in total. The predicted octanol–water partition coefficient (Wildman–Crippen LogP) is 1.76. The fourth-order valence-corrected chi connectivity index (χ4v) is 4.77. The van der Waals surface area contributed by atoms with E-state index < -0.39 is 9.84 Å². The molecule has 0 spiro atoms. The van der Waals surface area contributed by atoms with E-state index in [9.17, 15) is 13.2 Å². The van der Waals surface area contributed by atoms with Crippen LogP contribution in [0, 0.1) is 0 Å². The standard InChI is InChI=1S/C16H16N2O4S2/c1-24(20,21)13-4-2-3-10(5-13)15(19)14-7-17-16(23-14)18-8-12-6-11(18)9-22-12/h2-5,7,11-12H,6,8-9H2,1H3/t11-,12-/m0/s1. The molecule has 2 bridgehead atoms. The number of carbonyl (C=O) groups is 1. The Morgan fingerprint density at radius 3 is 2.92 bits per heavy atom. The number of ether oxygens (including phenoxy) is 1. The summed E-state index contributed by atoms with van der Waals surface area (Å²) in [6, 6.07) is 6.47. The highest BCUT2D eigenvalue weighted by Gasteiger charge is 2.40. The number of carbonyl (C=O) groups excluding carboxylic acids is 1. The molecule has 2 atom stereocenters. The summed E-state index contributed by atoms with van der Waals surface area (Å²) in [7, 11) is -3.34. The number of morpholine rings is 1. The Bertz CT molecular complexity index is 906. The lowest BCUT2D eigenvalue weighted by atomic mass is 10.1. The third-order valence-corrected chi connectivity index (χ3v) is 6.53. The smallest absolute Gasteiger partial charge is 0.204 e. The number of anilines is 1. The summed E-state index contributed by atoms with van der Waals surface area (Å²) in [6.07, 6.45) is 3.98. The molecule has 8 heteroatoms. The Balaban J connectivity index is 1.60. The molecule has 0 N–H and O–H groups in total. The third-order valence-electron chi connectivity index (χ3n) is 4.39. The van der Waals surface area contributed by atoms with Gasteiger partial charge in [0.25, 0.3) is 0 Å². The summed E-state index contributed by atoms with van der Waals surface area (Å²) in [5.41, 5.74) is 0.361. The normalized spacial score (nSPS) is 23.0. The van der Waals surface area contributed by atoms with Crippen LogP contribution in [0.3, 0.4) is 0 Å². The number of hydrogen-bond acceptors (Lipinski definition) is 7. The summed E-state index contributed by atoms with van der Waals surface area (Å²) in [5.74, 6) is -0.204. The second-order valence-corrected chi connectivity index (χ2v) is 9.16. The molecule has 4 rings (SSSR count). The first-order valence-corrected chi connectivity index (χ1v) is 10.3. The zero-order valence-electron chi connectivity index (χ0n) is 13.0. The minimum Gasteiger partial charge on any atom is -0.374 e. The van der Waals surface area contributed by atoms with Gasteiger partial charge < -0.3 is 9.64 Å². The van der Waals surface area contributed by atoms with Gasteiger partial charge >= 0.3 is 0 Å². The minimum absolute atomic E-state index is 0.145. The maximum absolute atomic E-state index is 12.6. The molecule has 1 aromatic carbocycles. The van der Waals surface area contributed by atoms with Gasteiger partial charge in [-0.15, -0.1) is 0 Å². The van der Waals surface area contributed by atoms with E-state index >= 15 is 0 Å². The highest BCUT2D eigenvalue weighted by molar-refractivity contribution is 7.90. The monoisotopic (exact) mass is 364 g/mol. The van der Waals surface area contributed by atoms with Gasteiger partial charge in [-0.1, -0.05) is 23.5 Å². The van der Waals surface area contributed by atoms with Crippen LogP contribution in [0.2, 0.25) is 0 Å². The Kier molecular flexibility index (Phi) is 3.70. The molecule has 0 unspecified atom stereocenters. The molecule has 2 aromatic rings. The zero-order valence-corrected chi connectivity index (χ0v) is 14.6. The van der Waals surface area contributed by atoms with Crippen molar-refractivity contribution in [3.63, 3.8) is 0 Å². The van der Waals surface area contributed by atoms with Gasteiger partial charge in [-0.2, -0.15) is 0 Å². The van der Waals surface area contributed by atoms with Crippen molar-refractivity contribution in [1.29, 1.82) is 0 Å². The van der Waals surface area contributed by atoms with Gasteiger partial charge in [0.1, 0.15) is 0 Å². The fraction of sp³-hybridized carbons (Fsp3) is 0.375. The number of hydrogen-bond donors (Lipinski definition) is 0. The lowest BCUT2D eigenvalue weighted by Gasteiger charge is -2.25. The van der Waals surface area contributed by atoms with E-state index in [-0.39, 0.29) is 16.8 Å². The maximum atomic E-state index is 12.6. The lowest BCUT2D eigenvalue weighted by Crippen LogP contribution is -2.36. The van der Waals surface area contributed by atoms with Crippen LogP contribution in [0.25, 0.3) is 0 Å². The first-order chi connectivity index (χ1) is 11.4. The predicted molar refractivity (Wildman–Crippen MR) is 90.6 cm³/mol. The third kappa shape index (κ3) is 2.74. The van der Waals surface area contributed by atoms with Crippen molar-refractivity contribution >= 4 is 32.1 Å². The molecule has 0 amide bonds. The van der Waals surface area contributed by atoms with Gasteiger partial charge in [-0.3, -0.25) is 4.79 Å². The van der Waals surface area contributed by atoms with E-state index in [1.165, 1.54) is 23.5 Å². The Morgan fingerprint density at radius 1 is 1.42 bits per heavy atom. The molecule has 3 heterocycles. The van der Waals surface area contributed by atoms with Gasteiger partial charge in [0.2, 0.25) is 5.78 Å². The quantitative estimate of drug-likeness (QED) is 0.770. The first kappa shape index (κ1) is 15.7. The van der Waals surface area contributed by atoms with Crippen LogP contribution in [0.5, 0.6) is 0 Å². The van der Waals surface area contributed by atoms with Gasteiger partial charge in [-0.05, 0) is 18.6 Å². The zero-order chi connectivity index (χ0) is 16.9. The second kappa shape index (κ2) is 5.65. The summed E-state index contributed by atoms with van der Waals surface area (Å²) >= 11 is 1.35. The molecular formula is C16H16N2O4S2. The lowest BCUT2D eigenvalue weighted by molar-refractivity contribution is 0.0991. The molecule has 2 fully saturated rings. The summed E-state index contributed by atoms with van der Waals surface area (Å²) in [4.78, 5) is 19.9. The van der Waals surface area contributed by atoms with Gasteiger partial charge in [0.15, 0.2) is 15.0 Å². The van der Waals surface area contributed by atoms with Gasteiger partial charge in [0.05, 0.1) is 34.7 Å². The molecular weight excluding hydrogens is 348 g/mol. The molecule has 0 aliphatic carbocycles. The number of aromatic nitrogens is 1. The average Bonchev–Trinajstić information content (AvgIpc) is 3.29. The first-order valence-electron chi connectivity index (χ1n) is 7.61. The van der Waals surface area contributed by atoms with Gasteiger partial charge in [-0.25, -0.2) is 13.4 Å². The van der Waals surface area contributed by atoms with Crippen LogP contribution in [0.4, 0.5) is 5.13 Å². The van der Waals surface area contributed by atoms with Crippen molar-refractivity contribution in [2.45, 2.75) is 23.5 Å². The van der Waals surface area contributed by atoms with Crippen molar-refractivity contribution in [3.8, 4) is 0 Å². The number of benzene rings is 1. The van der Waals surface area contributed by atoms with Crippen molar-refractivity contribution in [2.75, 3.05) is 24.3 Å². The van der Waals surface area contributed by atoms with Crippen molar-refractivity contribution in [1.82, 2.24) is 4.98 Å². The van der Waals surface area contributed by atoms with E-state index in [1.807, 2.05) is 0 Å². The molecule has 2 aliphatic rings. The SMILES string of the molecule is CS(=O)(=O)c1cccc(C(=O)c2cnc(N3C[C@@H]4C[C@H]3CO4)s2)c1. The topological polar surface area (TPSA) is 76.6 Å². The van der Waals surface area contributed by atoms with Crippen LogP contribution >= 0.6 is 11.3 Å². The summed E-state index contributed by atoms with van der Waals surface area (Å²) in [5, 5.41) is 0.827. The second-order valence-electron chi connectivity index (χ2n) is 6.13. The Labute approximate surface area is 144 Å². The molecule has 0 radical (unpaired) electrons. The van der Waals surface area contributed by atoms with Crippen molar-refractivity contribution in [2.24, 2.45) is 0 Å². The summed E-state index contributed by atoms with van der Waals surface area (Å²) < 4.78 is 28.9. The van der Waals surface area contributed by atoms with Crippen molar-refractivity contribution in [3.05, 3.63) is 40.9 Å².